The van der Waals surface area contributed by atoms with E-state index in [2.05, 4.69) is 27.2 Å². The number of amides is 1. The van der Waals surface area contributed by atoms with Gasteiger partial charge in [-0.2, -0.15) is 0 Å². The monoisotopic (exact) mass is 321 g/mol. The number of halogens is 1. The predicted molar refractivity (Wildman–Crippen MR) is 88.9 cm³/mol. The summed E-state index contributed by atoms with van der Waals surface area (Å²) in [5.74, 6) is 0.543. The van der Waals surface area contributed by atoms with E-state index in [0.29, 0.717) is 5.91 Å². The highest BCUT2D eigenvalue weighted by atomic mass is 35.5. The van der Waals surface area contributed by atoms with Crippen molar-refractivity contribution in [2.75, 3.05) is 39.3 Å². The number of carbonyl (C=O) groups excluding carboxylic acids is 1. The standard InChI is InChI=1S/C17H24ClN3O/c18-16-4-2-14(3-5-16)13-20-8-1-9-21(11-10-20)17(22)15-6-7-19-12-15/h2-5,15,19H,1,6-13H2. The van der Waals surface area contributed by atoms with Crippen molar-refractivity contribution in [3.8, 4) is 0 Å². The van der Waals surface area contributed by atoms with Crippen molar-refractivity contribution < 1.29 is 4.79 Å². The first kappa shape index (κ1) is 15.8. The van der Waals surface area contributed by atoms with Gasteiger partial charge >= 0.3 is 0 Å². The third-order valence-corrected chi connectivity index (χ3v) is 4.88. The summed E-state index contributed by atoms with van der Waals surface area (Å²) in [5, 5.41) is 4.06. The average molecular weight is 322 g/mol. The van der Waals surface area contributed by atoms with Gasteiger partial charge in [0.05, 0.1) is 5.92 Å². The van der Waals surface area contributed by atoms with Crippen molar-refractivity contribution in [1.29, 1.82) is 0 Å². The third kappa shape index (κ3) is 4.00. The van der Waals surface area contributed by atoms with Crippen LogP contribution in [0.15, 0.2) is 24.3 Å². The number of rotatable bonds is 3. The minimum atomic E-state index is 0.197. The molecule has 2 fully saturated rings. The number of nitrogens with zero attached hydrogens (tertiary/aromatic N) is 2. The largest absolute Gasteiger partial charge is 0.341 e. The Kier molecular flexibility index (Phi) is 5.34. The third-order valence-electron chi connectivity index (χ3n) is 4.63. The molecular formula is C17H24ClN3O. The van der Waals surface area contributed by atoms with E-state index >= 15 is 0 Å². The number of hydrogen-bond donors (Lipinski definition) is 1. The van der Waals surface area contributed by atoms with Crippen molar-refractivity contribution in [2.24, 2.45) is 5.92 Å². The second-order valence-electron chi connectivity index (χ2n) is 6.27. The molecule has 0 aromatic heterocycles. The summed E-state index contributed by atoms with van der Waals surface area (Å²) in [6.07, 6.45) is 2.04. The fourth-order valence-corrected chi connectivity index (χ4v) is 3.45. The van der Waals surface area contributed by atoms with E-state index in [0.717, 1.165) is 63.7 Å². The van der Waals surface area contributed by atoms with Gasteiger partial charge in [0.2, 0.25) is 5.91 Å². The first-order valence-corrected chi connectivity index (χ1v) is 8.56. The molecule has 2 aliphatic heterocycles. The molecule has 1 aromatic carbocycles. The van der Waals surface area contributed by atoms with Crippen LogP contribution in [0, 0.1) is 5.92 Å². The van der Waals surface area contributed by atoms with E-state index in [1.54, 1.807) is 0 Å². The summed E-state index contributed by atoms with van der Waals surface area (Å²) >= 11 is 5.93. The second-order valence-corrected chi connectivity index (χ2v) is 6.71. The number of hydrogen-bond acceptors (Lipinski definition) is 3. The van der Waals surface area contributed by atoms with Gasteiger partial charge in [-0.25, -0.2) is 0 Å². The van der Waals surface area contributed by atoms with Gasteiger partial charge < -0.3 is 10.2 Å². The molecule has 120 valence electrons. The number of carbonyl (C=O) groups is 1. The number of nitrogens with one attached hydrogen (secondary N) is 1. The lowest BCUT2D eigenvalue weighted by atomic mass is 10.1. The first-order valence-electron chi connectivity index (χ1n) is 8.19. The van der Waals surface area contributed by atoms with E-state index in [-0.39, 0.29) is 5.92 Å². The zero-order valence-electron chi connectivity index (χ0n) is 12.9. The van der Waals surface area contributed by atoms with Gasteiger partial charge in [0.1, 0.15) is 0 Å². The molecular weight excluding hydrogens is 298 g/mol. The number of benzene rings is 1. The molecule has 1 N–H and O–H groups in total. The van der Waals surface area contributed by atoms with E-state index in [1.807, 2.05) is 12.1 Å². The van der Waals surface area contributed by atoms with Crippen LogP contribution in [0.5, 0.6) is 0 Å². The lowest BCUT2D eigenvalue weighted by Crippen LogP contribution is -2.39. The lowest BCUT2D eigenvalue weighted by molar-refractivity contribution is -0.134. The van der Waals surface area contributed by atoms with Gasteiger partial charge in [-0.15, -0.1) is 0 Å². The Labute approximate surface area is 137 Å². The van der Waals surface area contributed by atoms with Crippen LogP contribution in [0.2, 0.25) is 5.02 Å². The van der Waals surface area contributed by atoms with Gasteiger partial charge in [0, 0.05) is 44.3 Å². The Bertz CT molecular complexity index is 499. The van der Waals surface area contributed by atoms with Gasteiger partial charge in [-0.3, -0.25) is 9.69 Å². The van der Waals surface area contributed by atoms with Crippen LogP contribution in [0.3, 0.4) is 0 Å². The smallest absolute Gasteiger partial charge is 0.227 e. The minimum absolute atomic E-state index is 0.197. The predicted octanol–water partition coefficient (Wildman–Crippen LogP) is 1.98. The van der Waals surface area contributed by atoms with E-state index in [4.69, 9.17) is 11.6 Å². The van der Waals surface area contributed by atoms with Crippen molar-refractivity contribution in [2.45, 2.75) is 19.4 Å². The highest BCUT2D eigenvalue weighted by Crippen LogP contribution is 2.16. The summed E-state index contributed by atoms with van der Waals surface area (Å²) < 4.78 is 0. The topological polar surface area (TPSA) is 35.6 Å². The molecule has 1 amide bonds. The maximum absolute atomic E-state index is 12.5. The molecule has 2 saturated heterocycles. The molecule has 1 atom stereocenters. The van der Waals surface area contributed by atoms with Crippen molar-refractivity contribution in [3.63, 3.8) is 0 Å². The summed E-state index contributed by atoms with van der Waals surface area (Å²) in [6.45, 7) is 6.51. The first-order chi connectivity index (χ1) is 10.7. The molecule has 1 unspecified atom stereocenters. The molecule has 2 aliphatic rings. The van der Waals surface area contributed by atoms with E-state index in [1.165, 1.54) is 5.56 Å². The normalized spacial score (nSPS) is 23.5. The highest BCUT2D eigenvalue weighted by Gasteiger charge is 2.28. The molecule has 0 spiro atoms. The zero-order chi connectivity index (χ0) is 15.4. The molecule has 5 heteroatoms. The maximum atomic E-state index is 12.5. The summed E-state index contributed by atoms with van der Waals surface area (Å²) in [7, 11) is 0. The molecule has 0 radical (unpaired) electrons. The molecule has 0 saturated carbocycles. The van der Waals surface area contributed by atoms with Crippen molar-refractivity contribution in [1.82, 2.24) is 15.1 Å². The van der Waals surface area contributed by atoms with Crippen molar-refractivity contribution in [3.05, 3.63) is 34.9 Å². The van der Waals surface area contributed by atoms with Crippen LogP contribution in [0.25, 0.3) is 0 Å². The van der Waals surface area contributed by atoms with E-state index < -0.39 is 0 Å². The Hall–Kier alpha value is -1.10. The highest BCUT2D eigenvalue weighted by molar-refractivity contribution is 6.30. The second kappa shape index (κ2) is 7.44. The van der Waals surface area contributed by atoms with Gasteiger partial charge in [-0.1, -0.05) is 23.7 Å². The zero-order valence-corrected chi connectivity index (χ0v) is 13.7. The quantitative estimate of drug-likeness (QED) is 0.924. The average Bonchev–Trinajstić information content (AvgIpc) is 2.96. The van der Waals surface area contributed by atoms with Gasteiger partial charge in [0.15, 0.2) is 0 Å². The van der Waals surface area contributed by atoms with Gasteiger partial charge in [0.25, 0.3) is 0 Å². The molecule has 0 aliphatic carbocycles. The Morgan fingerprint density at radius 2 is 2.00 bits per heavy atom. The fourth-order valence-electron chi connectivity index (χ4n) is 3.32. The molecule has 3 rings (SSSR count). The minimum Gasteiger partial charge on any atom is -0.341 e. The summed E-state index contributed by atoms with van der Waals surface area (Å²) in [5.41, 5.74) is 1.28. The van der Waals surface area contributed by atoms with E-state index in [9.17, 15) is 4.79 Å². The molecule has 1 aromatic rings. The van der Waals surface area contributed by atoms with Crippen LogP contribution >= 0.6 is 11.6 Å². The molecule has 0 bridgehead atoms. The van der Waals surface area contributed by atoms with Crippen LogP contribution in [0.1, 0.15) is 18.4 Å². The molecule has 2 heterocycles. The van der Waals surface area contributed by atoms with Gasteiger partial charge in [-0.05, 0) is 37.1 Å². The lowest BCUT2D eigenvalue weighted by Gasteiger charge is -2.24. The van der Waals surface area contributed by atoms with Crippen LogP contribution < -0.4 is 5.32 Å². The Morgan fingerprint density at radius 1 is 1.18 bits per heavy atom. The maximum Gasteiger partial charge on any atom is 0.227 e. The van der Waals surface area contributed by atoms with Crippen molar-refractivity contribution >= 4 is 17.5 Å². The Balaban J connectivity index is 1.53. The molecule has 22 heavy (non-hydrogen) atoms. The van der Waals surface area contributed by atoms with Crippen LogP contribution in [-0.4, -0.2) is 55.0 Å². The Morgan fingerprint density at radius 3 is 2.73 bits per heavy atom. The fraction of sp³-hybridized carbons (Fsp3) is 0.588. The summed E-state index contributed by atoms with van der Waals surface area (Å²) in [4.78, 5) is 17.0. The summed E-state index contributed by atoms with van der Waals surface area (Å²) in [6, 6.07) is 8.05. The van der Waals surface area contributed by atoms with Crippen LogP contribution in [0.4, 0.5) is 0 Å². The SMILES string of the molecule is O=C(C1CCNC1)N1CCCN(Cc2ccc(Cl)cc2)CC1. The molecule has 4 nitrogen and oxygen atoms in total. The van der Waals surface area contributed by atoms with Crippen LogP contribution in [-0.2, 0) is 11.3 Å².